The second kappa shape index (κ2) is 4.61. The Morgan fingerprint density at radius 1 is 1.56 bits per heavy atom. The Morgan fingerprint density at radius 2 is 2.25 bits per heavy atom. The number of nitrogens with zero attached hydrogens (tertiary/aromatic N) is 1. The minimum atomic E-state index is -0.0965. The largest absolute Gasteiger partial charge is 0.507 e. The molecule has 0 aliphatic heterocycles. The zero-order chi connectivity index (χ0) is 11.7. The highest BCUT2D eigenvalue weighted by Crippen LogP contribution is 2.30. The van der Waals surface area contributed by atoms with Crippen molar-refractivity contribution in [3.63, 3.8) is 0 Å². The van der Waals surface area contributed by atoms with Crippen molar-refractivity contribution >= 4 is 28.5 Å². The molecule has 1 N–H and O–H groups in total. The standard InChI is InChI=1S/C12H14INO2/c1-14(7-8-2-3-8)12(16)10-5-4-9(13)6-11(10)15/h4-6,8,15H,2-3,7H2,1H3. The number of carbonyl (C=O) groups is 1. The van der Waals surface area contributed by atoms with Gasteiger partial charge in [-0.25, -0.2) is 0 Å². The second-order valence-electron chi connectivity index (χ2n) is 4.29. The van der Waals surface area contributed by atoms with Crippen molar-refractivity contribution in [1.29, 1.82) is 0 Å². The highest BCUT2D eigenvalue weighted by Gasteiger charge is 2.26. The number of phenols is 1. The maximum Gasteiger partial charge on any atom is 0.257 e. The molecule has 0 bridgehead atoms. The number of halogens is 1. The molecule has 1 aromatic rings. The summed E-state index contributed by atoms with van der Waals surface area (Å²) in [5, 5.41) is 9.71. The minimum Gasteiger partial charge on any atom is -0.507 e. The highest BCUT2D eigenvalue weighted by molar-refractivity contribution is 14.1. The van der Waals surface area contributed by atoms with Crippen molar-refractivity contribution in [3.05, 3.63) is 27.3 Å². The van der Waals surface area contributed by atoms with Crippen molar-refractivity contribution < 1.29 is 9.90 Å². The Labute approximate surface area is 109 Å². The molecule has 1 fully saturated rings. The molecular weight excluding hydrogens is 317 g/mol. The van der Waals surface area contributed by atoms with Crippen molar-refractivity contribution in [1.82, 2.24) is 4.90 Å². The first kappa shape index (κ1) is 11.7. The van der Waals surface area contributed by atoms with E-state index in [0.717, 1.165) is 10.1 Å². The molecule has 1 aromatic carbocycles. The van der Waals surface area contributed by atoms with Crippen LogP contribution in [0.25, 0.3) is 0 Å². The van der Waals surface area contributed by atoms with E-state index in [-0.39, 0.29) is 11.7 Å². The maximum absolute atomic E-state index is 12.0. The molecule has 0 aromatic heterocycles. The van der Waals surface area contributed by atoms with Gasteiger partial charge in [0.2, 0.25) is 0 Å². The zero-order valence-corrected chi connectivity index (χ0v) is 11.3. The van der Waals surface area contributed by atoms with Gasteiger partial charge in [-0.3, -0.25) is 4.79 Å². The molecule has 2 rings (SSSR count). The topological polar surface area (TPSA) is 40.5 Å². The van der Waals surface area contributed by atoms with Crippen LogP contribution in [0.3, 0.4) is 0 Å². The third-order valence-corrected chi connectivity index (χ3v) is 3.44. The third-order valence-electron chi connectivity index (χ3n) is 2.77. The Balaban J connectivity index is 2.12. The monoisotopic (exact) mass is 331 g/mol. The Hall–Kier alpha value is -0.780. The van der Waals surface area contributed by atoms with Crippen LogP contribution in [0.2, 0.25) is 0 Å². The Bertz CT molecular complexity index is 415. The fourth-order valence-corrected chi connectivity index (χ4v) is 2.14. The molecule has 86 valence electrons. The van der Waals surface area contributed by atoms with Gasteiger partial charge < -0.3 is 10.0 Å². The summed E-state index contributed by atoms with van der Waals surface area (Å²) in [7, 11) is 1.79. The lowest BCUT2D eigenvalue weighted by atomic mass is 10.1. The van der Waals surface area contributed by atoms with Crippen LogP contribution in [0.15, 0.2) is 18.2 Å². The molecule has 1 amide bonds. The van der Waals surface area contributed by atoms with Crippen LogP contribution in [0.5, 0.6) is 5.75 Å². The van der Waals surface area contributed by atoms with E-state index < -0.39 is 0 Å². The first-order valence-corrected chi connectivity index (χ1v) is 6.40. The van der Waals surface area contributed by atoms with Crippen LogP contribution in [-0.4, -0.2) is 29.5 Å². The van der Waals surface area contributed by atoms with E-state index in [1.807, 2.05) is 6.07 Å². The van der Waals surface area contributed by atoms with Crippen LogP contribution >= 0.6 is 22.6 Å². The fraction of sp³-hybridized carbons (Fsp3) is 0.417. The van der Waals surface area contributed by atoms with Crippen LogP contribution in [-0.2, 0) is 0 Å². The second-order valence-corrected chi connectivity index (χ2v) is 5.54. The van der Waals surface area contributed by atoms with E-state index >= 15 is 0 Å². The number of hydrogen-bond donors (Lipinski definition) is 1. The number of benzene rings is 1. The van der Waals surface area contributed by atoms with Crippen molar-refractivity contribution in [3.8, 4) is 5.75 Å². The summed E-state index contributed by atoms with van der Waals surface area (Å²) >= 11 is 2.11. The predicted octanol–water partition coefficient (Wildman–Crippen LogP) is 2.48. The number of phenolic OH excluding ortho intramolecular Hbond substituents is 1. The van der Waals surface area contributed by atoms with E-state index in [2.05, 4.69) is 22.6 Å². The van der Waals surface area contributed by atoms with E-state index in [4.69, 9.17) is 0 Å². The number of carbonyl (C=O) groups excluding carboxylic acids is 1. The first-order chi connectivity index (χ1) is 7.58. The van der Waals surface area contributed by atoms with Gasteiger partial charge in [0.05, 0.1) is 5.56 Å². The molecule has 1 saturated carbocycles. The predicted molar refractivity (Wildman–Crippen MR) is 70.5 cm³/mol. The van der Waals surface area contributed by atoms with Crippen LogP contribution in [0.4, 0.5) is 0 Å². The maximum atomic E-state index is 12.0. The van der Waals surface area contributed by atoms with E-state index in [1.54, 1.807) is 24.1 Å². The van der Waals surface area contributed by atoms with Gasteiger partial charge in [0.25, 0.3) is 5.91 Å². The normalized spacial score (nSPS) is 14.9. The molecule has 4 heteroatoms. The molecule has 1 aliphatic carbocycles. The molecule has 0 radical (unpaired) electrons. The fourth-order valence-electron chi connectivity index (χ4n) is 1.66. The van der Waals surface area contributed by atoms with E-state index in [9.17, 15) is 9.90 Å². The average molecular weight is 331 g/mol. The quantitative estimate of drug-likeness (QED) is 0.865. The number of hydrogen-bond acceptors (Lipinski definition) is 2. The molecule has 1 aliphatic rings. The van der Waals surface area contributed by atoms with Crippen molar-refractivity contribution in [2.45, 2.75) is 12.8 Å². The van der Waals surface area contributed by atoms with Gasteiger partial charge in [0, 0.05) is 17.2 Å². The zero-order valence-electron chi connectivity index (χ0n) is 9.11. The van der Waals surface area contributed by atoms with Gasteiger partial charge in [-0.2, -0.15) is 0 Å². The van der Waals surface area contributed by atoms with Gasteiger partial charge in [-0.05, 0) is 59.5 Å². The van der Waals surface area contributed by atoms with Crippen LogP contribution in [0, 0.1) is 9.49 Å². The van der Waals surface area contributed by atoms with Crippen molar-refractivity contribution in [2.24, 2.45) is 5.92 Å². The molecule has 0 atom stereocenters. The summed E-state index contributed by atoms with van der Waals surface area (Å²) in [5.74, 6) is 0.639. The van der Waals surface area contributed by atoms with E-state index in [0.29, 0.717) is 11.5 Å². The summed E-state index contributed by atoms with van der Waals surface area (Å²) in [5.41, 5.74) is 0.392. The van der Waals surface area contributed by atoms with E-state index in [1.165, 1.54) is 12.8 Å². The van der Waals surface area contributed by atoms with Gasteiger partial charge in [-0.1, -0.05) is 0 Å². The third kappa shape index (κ3) is 2.66. The number of amides is 1. The Kier molecular flexibility index (Phi) is 3.37. The molecule has 3 nitrogen and oxygen atoms in total. The number of rotatable bonds is 3. The molecule has 0 saturated heterocycles. The summed E-state index contributed by atoms with van der Waals surface area (Å²) < 4.78 is 0.927. The molecule has 16 heavy (non-hydrogen) atoms. The summed E-state index contributed by atoms with van der Waals surface area (Å²) in [6.45, 7) is 0.796. The van der Waals surface area contributed by atoms with Gasteiger partial charge >= 0.3 is 0 Å². The first-order valence-electron chi connectivity index (χ1n) is 5.32. The highest BCUT2D eigenvalue weighted by atomic mass is 127. The van der Waals surface area contributed by atoms with Gasteiger partial charge in [0.1, 0.15) is 5.75 Å². The molecular formula is C12H14INO2. The minimum absolute atomic E-state index is 0.0690. The van der Waals surface area contributed by atoms with Gasteiger partial charge in [-0.15, -0.1) is 0 Å². The SMILES string of the molecule is CN(CC1CC1)C(=O)c1ccc(I)cc1O. The van der Waals surface area contributed by atoms with Crippen molar-refractivity contribution in [2.75, 3.05) is 13.6 Å². The molecule has 0 heterocycles. The smallest absolute Gasteiger partial charge is 0.257 e. The summed E-state index contributed by atoms with van der Waals surface area (Å²) in [6.07, 6.45) is 2.44. The molecule has 0 unspecified atom stereocenters. The summed E-state index contributed by atoms with van der Waals surface area (Å²) in [4.78, 5) is 13.7. The van der Waals surface area contributed by atoms with Gasteiger partial charge in [0.15, 0.2) is 0 Å². The lowest BCUT2D eigenvalue weighted by molar-refractivity contribution is 0.0785. The lowest BCUT2D eigenvalue weighted by Crippen LogP contribution is -2.28. The average Bonchev–Trinajstić information content (AvgIpc) is 3.00. The lowest BCUT2D eigenvalue weighted by Gasteiger charge is -2.17. The van der Waals surface area contributed by atoms with Crippen LogP contribution in [0.1, 0.15) is 23.2 Å². The van der Waals surface area contributed by atoms with Crippen LogP contribution < -0.4 is 0 Å². The summed E-state index contributed by atoms with van der Waals surface area (Å²) in [6, 6.07) is 5.13. The molecule has 0 spiro atoms. The number of aromatic hydroxyl groups is 1. The Morgan fingerprint density at radius 3 is 2.81 bits per heavy atom.